The van der Waals surface area contributed by atoms with Gasteiger partial charge >= 0.3 is 0 Å². The molecule has 3 N–H and O–H groups in total. The Hall–Kier alpha value is -2.15. The summed E-state index contributed by atoms with van der Waals surface area (Å²) in [6, 6.07) is 4.53. The first-order valence-corrected chi connectivity index (χ1v) is 7.29. The van der Waals surface area contributed by atoms with Crippen molar-refractivity contribution >= 4 is 33.9 Å². The van der Waals surface area contributed by atoms with E-state index in [1.807, 2.05) is 25.8 Å². The van der Waals surface area contributed by atoms with Crippen LogP contribution in [-0.2, 0) is 0 Å². The average Bonchev–Trinajstić information content (AvgIpc) is 2.84. The van der Waals surface area contributed by atoms with Crippen molar-refractivity contribution in [1.29, 1.82) is 0 Å². The third kappa shape index (κ3) is 3.30. The van der Waals surface area contributed by atoms with E-state index in [4.69, 9.17) is 5.73 Å². The number of aromatic nitrogens is 1. The number of hydrogen-bond donors (Lipinski definition) is 2. The molecular formula is C14H17FN4OS. The number of benzene rings is 1. The summed E-state index contributed by atoms with van der Waals surface area (Å²) in [7, 11) is 1.86. The number of carbonyl (C=O) groups is 1. The summed E-state index contributed by atoms with van der Waals surface area (Å²) in [5.74, 6) is -0.783. The van der Waals surface area contributed by atoms with Crippen molar-refractivity contribution in [2.24, 2.45) is 0 Å². The van der Waals surface area contributed by atoms with Crippen LogP contribution >= 0.6 is 11.3 Å². The number of amides is 1. The smallest absolute Gasteiger partial charge is 0.269 e. The molecule has 0 saturated heterocycles. The minimum absolute atomic E-state index is 0.137. The fourth-order valence-electron chi connectivity index (χ4n) is 1.70. The fraction of sp³-hybridized carbons (Fsp3) is 0.286. The number of aryl methyl sites for hydroxylation is 1. The van der Waals surface area contributed by atoms with E-state index in [2.05, 4.69) is 10.3 Å². The first-order valence-electron chi connectivity index (χ1n) is 6.47. The Bertz CT molecular complexity index is 671. The number of nitrogens with zero attached hydrogens (tertiary/aromatic N) is 2. The molecule has 112 valence electrons. The molecular weight excluding hydrogens is 291 g/mol. The minimum atomic E-state index is -0.483. The van der Waals surface area contributed by atoms with Gasteiger partial charge in [-0.25, -0.2) is 9.37 Å². The van der Waals surface area contributed by atoms with Crippen LogP contribution in [0.5, 0.6) is 0 Å². The molecule has 0 fully saturated rings. The molecule has 2 aromatic rings. The number of carbonyl (C=O) groups excluding carboxylic acids is 1. The standard InChI is InChI=1S/C14H17FN4OS/c1-4-19(3)14-18-12(16)11(21-14)13(20)17-10-7-8(2)5-6-9(10)15/h5-7H,4,16H2,1-3H3,(H,17,20). The van der Waals surface area contributed by atoms with Crippen molar-refractivity contribution in [3.05, 3.63) is 34.5 Å². The van der Waals surface area contributed by atoms with Crippen LogP contribution in [-0.4, -0.2) is 24.5 Å². The molecule has 0 spiro atoms. The molecule has 1 aromatic carbocycles. The van der Waals surface area contributed by atoms with E-state index in [1.54, 1.807) is 12.1 Å². The lowest BCUT2D eigenvalue weighted by Gasteiger charge is -2.11. The van der Waals surface area contributed by atoms with Crippen LogP contribution in [0, 0.1) is 12.7 Å². The molecule has 0 aliphatic heterocycles. The normalized spacial score (nSPS) is 10.5. The van der Waals surface area contributed by atoms with Crippen LogP contribution in [0.25, 0.3) is 0 Å². The largest absolute Gasteiger partial charge is 0.382 e. The van der Waals surface area contributed by atoms with Crippen LogP contribution < -0.4 is 16.0 Å². The molecule has 0 atom stereocenters. The number of halogens is 1. The average molecular weight is 308 g/mol. The highest BCUT2D eigenvalue weighted by Gasteiger charge is 2.18. The van der Waals surface area contributed by atoms with E-state index in [0.29, 0.717) is 5.13 Å². The summed E-state index contributed by atoms with van der Waals surface area (Å²) in [4.78, 5) is 18.5. The van der Waals surface area contributed by atoms with Crippen molar-refractivity contribution in [2.75, 3.05) is 29.5 Å². The Balaban J connectivity index is 2.24. The summed E-state index contributed by atoms with van der Waals surface area (Å²) in [6.07, 6.45) is 0. The maximum absolute atomic E-state index is 13.7. The van der Waals surface area contributed by atoms with Crippen LogP contribution in [0.2, 0.25) is 0 Å². The van der Waals surface area contributed by atoms with Crippen molar-refractivity contribution < 1.29 is 9.18 Å². The predicted octanol–water partition coefficient (Wildman–Crippen LogP) is 2.88. The Kier molecular flexibility index (Phi) is 4.42. The van der Waals surface area contributed by atoms with Gasteiger partial charge in [-0.3, -0.25) is 4.79 Å². The molecule has 2 rings (SSSR count). The zero-order valence-corrected chi connectivity index (χ0v) is 12.9. The van der Waals surface area contributed by atoms with Crippen LogP contribution in [0.4, 0.5) is 21.0 Å². The second kappa shape index (κ2) is 6.09. The molecule has 0 aliphatic rings. The zero-order valence-electron chi connectivity index (χ0n) is 12.1. The van der Waals surface area contributed by atoms with Gasteiger partial charge in [-0.2, -0.15) is 0 Å². The molecule has 0 saturated carbocycles. The van der Waals surface area contributed by atoms with Gasteiger partial charge in [0.05, 0.1) is 5.69 Å². The van der Waals surface area contributed by atoms with Crippen molar-refractivity contribution in [3.8, 4) is 0 Å². The van der Waals surface area contributed by atoms with Gasteiger partial charge in [0.15, 0.2) is 5.13 Å². The Morgan fingerprint density at radius 3 is 2.90 bits per heavy atom. The summed E-state index contributed by atoms with van der Waals surface area (Å²) < 4.78 is 13.7. The molecule has 0 radical (unpaired) electrons. The predicted molar refractivity (Wildman–Crippen MR) is 84.6 cm³/mol. The highest BCUT2D eigenvalue weighted by molar-refractivity contribution is 7.18. The third-order valence-corrected chi connectivity index (χ3v) is 4.20. The molecule has 0 bridgehead atoms. The molecule has 0 unspecified atom stereocenters. The first-order chi connectivity index (χ1) is 9.92. The number of nitrogens with two attached hydrogens (primary N) is 1. The number of nitrogens with one attached hydrogen (secondary N) is 1. The van der Waals surface area contributed by atoms with Crippen molar-refractivity contribution in [2.45, 2.75) is 13.8 Å². The van der Waals surface area contributed by atoms with E-state index in [0.717, 1.165) is 12.1 Å². The lowest BCUT2D eigenvalue weighted by atomic mass is 10.2. The lowest BCUT2D eigenvalue weighted by Crippen LogP contribution is -2.15. The molecule has 21 heavy (non-hydrogen) atoms. The monoisotopic (exact) mass is 308 g/mol. The van der Waals surface area contributed by atoms with Gasteiger partial charge in [-0.15, -0.1) is 0 Å². The number of hydrogen-bond acceptors (Lipinski definition) is 5. The third-order valence-electron chi connectivity index (χ3n) is 3.02. The zero-order chi connectivity index (χ0) is 15.6. The second-order valence-electron chi connectivity index (χ2n) is 4.66. The fourth-order valence-corrected chi connectivity index (χ4v) is 2.60. The van der Waals surface area contributed by atoms with Gasteiger partial charge in [0, 0.05) is 13.6 Å². The van der Waals surface area contributed by atoms with Gasteiger partial charge < -0.3 is 16.0 Å². The number of nitrogen functional groups attached to an aromatic ring is 1. The Morgan fingerprint density at radius 1 is 1.52 bits per heavy atom. The summed E-state index contributed by atoms with van der Waals surface area (Å²) in [6.45, 7) is 4.55. The van der Waals surface area contributed by atoms with E-state index in [-0.39, 0.29) is 16.4 Å². The van der Waals surface area contributed by atoms with E-state index >= 15 is 0 Å². The molecule has 1 aromatic heterocycles. The summed E-state index contributed by atoms with van der Waals surface area (Å²) >= 11 is 1.18. The quantitative estimate of drug-likeness (QED) is 0.911. The summed E-state index contributed by atoms with van der Waals surface area (Å²) in [5.41, 5.74) is 6.77. The maximum Gasteiger partial charge on any atom is 0.269 e. The number of thiazole rings is 1. The summed E-state index contributed by atoms with van der Waals surface area (Å²) in [5, 5.41) is 3.19. The SMILES string of the molecule is CCN(C)c1nc(N)c(C(=O)Nc2cc(C)ccc2F)s1. The minimum Gasteiger partial charge on any atom is -0.382 e. The van der Waals surface area contributed by atoms with Crippen molar-refractivity contribution in [3.63, 3.8) is 0 Å². The number of rotatable bonds is 4. The van der Waals surface area contributed by atoms with E-state index in [1.165, 1.54) is 17.4 Å². The van der Waals surface area contributed by atoms with Gasteiger partial charge in [-0.1, -0.05) is 17.4 Å². The highest BCUT2D eigenvalue weighted by atomic mass is 32.1. The van der Waals surface area contributed by atoms with Gasteiger partial charge in [-0.05, 0) is 31.5 Å². The topological polar surface area (TPSA) is 71.2 Å². The van der Waals surface area contributed by atoms with Gasteiger partial charge in [0.1, 0.15) is 16.5 Å². The molecule has 1 heterocycles. The van der Waals surface area contributed by atoms with E-state index in [9.17, 15) is 9.18 Å². The number of anilines is 3. The highest BCUT2D eigenvalue weighted by Crippen LogP contribution is 2.28. The molecule has 7 heteroatoms. The second-order valence-corrected chi connectivity index (χ2v) is 5.64. The van der Waals surface area contributed by atoms with Crippen LogP contribution in [0.1, 0.15) is 22.2 Å². The van der Waals surface area contributed by atoms with Gasteiger partial charge in [0.25, 0.3) is 5.91 Å². The maximum atomic E-state index is 13.7. The van der Waals surface area contributed by atoms with E-state index < -0.39 is 11.7 Å². The molecule has 5 nitrogen and oxygen atoms in total. The Labute approximate surface area is 126 Å². The van der Waals surface area contributed by atoms with Crippen LogP contribution in [0.3, 0.4) is 0 Å². The van der Waals surface area contributed by atoms with Crippen molar-refractivity contribution in [1.82, 2.24) is 4.98 Å². The first kappa shape index (κ1) is 15.2. The molecule has 0 aliphatic carbocycles. The van der Waals surface area contributed by atoms with Gasteiger partial charge in [0.2, 0.25) is 0 Å². The van der Waals surface area contributed by atoms with Crippen LogP contribution in [0.15, 0.2) is 18.2 Å². The lowest BCUT2D eigenvalue weighted by molar-refractivity contribution is 0.103. The Morgan fingerprint density at radius 2 is 2.24 bits per heavy atom. The molecule has 1 amide bonds.